The molecule has 1 aromatic rings. The number of rotatable bonds is 7. The molecule has 1 heterocycles. The Morgan fingerprint density at radius 2 is 2.12 bits per heavy atom. The molecule has 0 bridgehead atoms. The van der Waals surface area contributed by atoms with Crippen molar-refractivity contribution < 1.29 is 0 Å². The first-order valence-corrected chi connectivity index (χ1v) is 6.39. The zero-order chi connectivity index (χ0) is 12.0. The predicted molar refractivity (Wildman–Crippen MR) is 68.5 cm³/mol. The first-order valence-electron chi connectivity index (χ1n) is 6.39. The molecule has 0 unspecified atom stereocenters. The number of aromatic nitrogens is 2. The van der Waals surface area contributed by atoms with Gasteiger partial charge in [0.15, 0.2) is 0 Å². The second-order valence-corrected chi connectivity index (χ2v) is 4.69. The lowest BCUT2D eigenvalue weighted by Crippen LogP contribution is -2.23. The van der Waals surface area contributed by atoms with E-state index < -0.39 is 0 Å². The number of hydrogen-bond donors (Lipinski definition) is 1. The van der Waals surface area contributed by atoms with Gasteiger partial charge < -0.3 is 9.88 Å². The van der Waals surface area contributed by atoms with Crippen LogP contribution >= 0.6 is 0 Å². The van der Waals surface area contributed by atoms with Crippen molar-refractivity contribution in [2.45, 2.75) is 66.1 Å². The van der Waals surface area contributed by atoms with Gasteiger partial charge in [-0.1, -0.05) is 33.6 Å². The van der Waals surface area contributed by atoms with Crippen molar-refractivity contribution in [1.29, 1.82) is 0 Å². The summed E-state index contributed by atoms with van der Waals surface area (Å²) >= 11 is 0. The van der Waals surface area contributed by atoms with Crippen LogP contribution in [0.5, 0.6) is 0 Å². The molecule has 1 N–H and O–H groups in total. The minimum atomic E-state index is 0.527. The van der Waals surface area contributed by atoms with E-state index in [0.29, 0.717) is 6.04 Å². The van der Waals surface area contributed by atoms with Crippen molar-refractivity contribution >= 4 is 0 Å². The molecule has 0 fully saturated rings. The predicted octanol–water partition coefficient (Wildman–Crippen LogP) is 2.88. The van der Waals surface area contributed by atoms with E-state index >= 15 is 0 Å². The minimum Gasteiger partial charge on any atom is -0.331 e. The van der Waals surface area contributed by atoms with Crippen LogP contribution in [-0.2, 0) is 13.1 Å². The van der Waals surface area contributed by atoms with Crippen molar-refractivity contribution in [2.75, 3.05) is 0 Å². The van der Waals surface area contributed by atoms with Gasteiger partial charge in [-0.25, -0.2) is 4.98 Å². The molecule has 0 saturated heterocycles. The van der Waals surface area contributed by atoms with Crippen LogP contribution < -0.4 is 5.32 Å². The maximum Gasteiger partial charge on any atom is 0.105 e. The zero-order valence-electron chi connectivity index (χ0n) is 11.1. The summed E-state index contributed by atoms with van der Waals surface area (Å²) in [6, 6.07) is 0.527. The number of aryl methyl sites for hydroxylation is 1. The summed E-state index contributed by atoms with van der Waals surface area (Å²) in [5.41, 5.74) is 1.31. The second-order valence-electron chi connectivity index (χ2n) is 4.69. The fraction of sp³-hybridized carbons (Fsp3) is 0.769. The molecule has 92 valence electrons. The summed E-state index contributed by atoms with van der Waals surface area (Å²) in [6.07, 6.45) is 5.82. The van der Waals surface area contributed by atoms with Crippen LogP contribution in [0.3, 0.4) is 0 Å². The maximum absolute atomic E-state index is 4.40. The molecule has 1 aromatic heterocycles. The summed E-state index contributed by atoms with van der Waals surface area (Å²) < 4.78 is 2.34. The Hall–Kier alpha value is -0.830. The van der Waals surface area contributed by atoms with Gasteiger partial charge in [0, 0.05) is 25.3 Å². The van der Waals surface area contributed by atoms with Gasteiger partial charge >= 0.3 is 0 Å². The zero-order valence-corrected chi connectivity index (χ0v) is 11.1. The van der Waals surface area contributed by atoms with Crippen LogP contribution in [0.4, 0.5) is 0 Å². The molecule has 0 aliphatic heterocycles. The van der Waals surface area contributed by atoms with Crippen LogP contribution in [0, 0.1) is 6.92 Å². The van der Waals surface area contributed by atoms with Gasteiger partial charge in [-0.3, -0.25) is 0 Å². The van der Waals surface area contributed by atoms with Gasteiger partial charge in [-0.15, -0.1) is 0 Å². The SMILES string of the molecule is CCCCCn1c(CNC(C)C)cnc1C. The third kappa shape index (κ3) is 3.97. The van der Waals surface area contributed by atoms with Gasteiger partial charge in [0.2, 0.25) is 0 Å². The molecule has 0 aliphatic carbocycles. The number of hydrogen-bond acceptors (Lipinski definition) is 2. The van der Waals surface area contributed by atoms with E-state index in [-0.39, 0.29) is 0 Å². The topological polar surface area (TPSA) is 29.9 Å². The minimum absolute atomic E-state index is 0.527. The van der Waals surface area contributed by atoms with E-state index in [9.17, 15) is 0 Å². The molecular formula is C13H25N3. The van der Waals surface area contributed by atoms with E-state index in [4.69, 9.17) is 0 Å². The molecule has 3 heteroatoms. The number of imidazole rings is 1. The fourth-order valence-electron chi connectivity index (χ4n) is 1.79. The first-order chi connectivity index (χ1) is 7.65. The Bertz CT molecular complexity index is 302. The lowest BCUT2D eigenvalue weighted by molar-refractivity contribution is 0.531. The van der Waals surface area contributed by atoms with E-state index in [1.165, 1.54) is 25.0 Å². The van der Waals surface area contributed by atoms with Gasteiger partial charge in [0.05, 0.1) is 5.69 Å². The average molecular weight is 223 g/mol. The molecule has 16 heavy (non-hydrogen) atoms. The molecule has 0 aromatic carbocycles. The van der Waals surface area contributed by atoms with Crippen molar-refractivity contribution in [3.05, 3.63) is 17.7 Å². The van der Waals surface area contributed by atoms with Crippen LogP contribution in [0.1, 0.15) is 51.6 Å². The summed E-state index contributed by atoms with van der Waals surface area (Å²) in [7, 11) is 0. The number of unbranched alkanes of at least 4 members (excludes halogenated alkanes) is 2. The second kappa shape index (κ2) is 6.69. The van der Waals surface area contributed by atoms with Crippen LogP contribution in [0.2, 0.25) is 0 Å². The van der Waals surface area contributed by atoms with Crippen molar-refractivity contribution in [1.82, 2.24) is 14.9 Å². The summed E-state index contributed by atoms with van der Waals surface area (Å²) in [6.45, 7) is 10.7. The molecule has 0 spiro atoms. The number of nitrogens with zero attached hydrogens (tertiary/aromatic N) is 2. The van der Waals surface area contributed by atoms with E-state index in [0.717, 1.165) is 18.9 Å². The Balaban J connectivity index is 2.55. The average Bonchev–Trinajstić information content (AvgIpc) is 2.58. The fourth-order valence-corrected chi connectivity index (χ4v) is 1.79. The van der Waals surface area contributed by atoms with Crippen LogP contribution in [0.15, 0.2) is 6.20 Å². The third-order valence-electron chi connectivity index (χ3n) is 2.81. The number of nitrogens with one attached hydrogen (secondary N) is 1. The largest absolute Gasteiger partial charge is 0.331 e. The monoisotopic (exact) mass is 223 g/mol. The molecule has 0 aliphatic rings. The molecule has 0 radical (unpaired) electrons. The Morgan fingerprint density at radius 3 is 2.75 bits per heavy atom. The van der Waals surface area contributed by atoms with Crippen LogP contribution in [-0.4, -0.2) is 15.6 Å². The summed E-state index contributed by atoms with van der Waals surface area (Å²) in [5.74, 6) is 1.14. The highest BCUT2D eigenvalue weighted by Crippen LogP contribution is 2.08. The van der Waals surface area contributed by atoms with Crippen molar-refractivity contribution in [3.8, 4) is 0 Å². The Labute approximate surface area is 99.3 Å². The van der Waals surface area contributed by atoms with Crippen molar-refractivity contribution in [3.63, 3.8) is 0 Å². The smallest absolute Gasteiger partial charge is 0.105 e. The van der Waals surface area contributed by atoms with E-state index in [2.05, 4.69) is 42.6 Å². The quantitative estimate of drug-likeness (QED) is 0.720. The highest BCUT2D eigenvalue weighted by molar-refractivity contribution is 5.04. The molecule has 0 amide bonds. The first kappa shape index (κ1) is 13.2. The molecule has 0 saturated carbocycles. The standard InChI is InChI=1S/C13H25N3/c1-5-6-7-8-16-12(4)15-10-13(16)9-14-11(2)3/h10-11,14H,5-9H2,1-4H3. The highest BCUT2D eigenvalue weighted by Gasteiger charge is 2.06. The molecule has 1 rings (SSSR count). The van der Waals surface area contributed by atoms with E-state index in [1.54, 1.807) is 0 Å². The molecule has 3 nitrogen and oxygen atoms in total. The van der Waals surface area contributed by atoms with Gasteiger partial charge in [0.25, 0.3) is 0 Å². The Kier molecular flexibility index (Phi) is 5.53. The van der Waals surface area contributed by atoms with E-state index in [1.807, 2.05) is 6.20 Å². The Morgan fingerprint density at radius 1 is 1.38 bits per heavy atom. The normalized spacial score (nSPS) is 11.3. The summed E-state index contributed by atoms with van der Waals surface area (Å²) in [5, 5.41) is 3.45. The highest BCUT2D eigenvalue weighted by atomic mass is 15.1. The van der Waals surface area contributed by atoms with Crippen LogP contribution in [0.25, 0.3) is 0 Å². The van der Waals surface area contributed by atoms with Gasteiger partial charge in [0.1, 0.15) is 5.82 Å². The molecule has 0 atom stereocenters. The third-order valence-corrected chi connectivity index (χ3v) is 2.81. The van der Waals surface area contributed by atoms with Crippen molar-refractivity contribution in [2.24, 2.45) is 0 Å². The molecular weight excluding hydrogens is 198 g/mol. The lowest BCUT2D eigenvalue weighted by atomic mass is 10.2. The summed E-state index contributed by atoms with van der Waals surface area (Å²) in [4.78, 5) is 4.40. The maximum atomic E-state index is 4.40. The van der Waals surface area contributed by atoms with Gasteiger partial charge in [-0.2, -0.15) is 0 Å². The van der Waals surface area contributed by atoms with Gasteiger partial charge in [-0.05, 0) is 13.3 Å². The lowest BCUT2D eigenvalue weighted by Gasteiger charge is -2.12.